The predicted octanol–water partition coefficient (Wildman–Crippen LogP) is -5.57. The molecule has 0 spiro atoms. The van der Waals surface area contributed by atoms with Crippen molar-refractivity contribution in [1.82, 2.24) is 16.0 Å². The molecule has 18 nitrogen and oxygen atoms in total. The third-order valence-electron chi connectivity index (χ3n) is 5.24. The van der Waals surface area contributed by atoms with E-state index in [9.17, 15) is 19.2 Å². The molecule has 4 atom stereocenters. The lowest BCUT2D eigenvalue weighted by atomic mass is 10.1. The normalized spacial score (nSPS) is 13.5. The van der Waals surface area contributed by atoms with Crippen molar-refractivity contribution in [2.45, 2.75) is 69.6 Å². The van der Waals surface area contributed by atoms with E-state index in [2.05, 4.69) is 30.9 Å². The Morgan fingerprint density at radius 3 is 1.44 bits per heavy atom. The Kier molecular flexibility index (Phi) is 16.7. The molecule has 0 aliphatic rings. The first kappa shape index (κ1) is 34.6. The SMILES string of the molecule is C[C@H](NC(=O)[C@@H](CCCN=C(N)N)NC(=O)[C@H](N)CCCN=C(N)N)C(=O)N[C@H](CCCN=C(N)N)C(N)=O. The Morgan fingerprint density at radius 1 is 0.590 bits per heavy atom. The molecule has 222 valence electrons. The first-order chi connectivity index (χ1) is 18.2. The molecule has 0 saturated heterocycles. The molecule has 18 heteroatoms. The molecule has 0 aliphatic carbocycles. The van der Waals surface area contributed by atoms with Gasteiger partial charge in [0.15, 0.2) is 17.9 Å². The Hall–Kier alpha value is -4.35. The van der Waals surface area contributed by atoms with Crippen LogP contribution in [0.4, 0.5) is 0 Å². The Bertz CT molecular complexity index is 895. The van der Waals surface area contributed by atoms with Gasteiger partial charge in [0.05, 0.1) is 6.04 Å². The van der Waals surface area contributed by atoms with Gasteiger partial charge in [0.2, 0.25) is 23.6 Å². The number of carbonyl (C=O) groups excluding carboxylic acids is 4. The highest BCUT2D eigenvalue weighted by molar-refractivity contribution is 5.94. The molecule has 0 rings (SSSR count). The second-order valence-corrected chi connectivity index (χ2v) is 8.71. The topological polar surface area (TPSA) is 350 Å². The molecular weight excluding hydrogens is 512 g/mol. The minimum atomic E-state index is -1.07. The largest absolute Gasteiger partial charge is 0.370 e. The number of nitrogens with zero attached hydrogens (tertiary/aromatic N) is 3. The molecular formula is C21H44N14O4. The predicted molar refractivity (Wildman–Crippen MR) is 148 cm³/mol. The van der Waals surface area contributed by atoms with Crippen molar-refractivity contribution < 1.29 is 19.2 Å². The first-order valence-electron chi connectivity index (χ1n) is 12.4. The number of hydrogen-bond donors (Lipinski definition) is 11. The highest BCUT2D eigenvalue weighted by Crippen LogP contribution is 2.04. The maximum absolute atomic E-state index is 13.0. The smallest absolute Gasteiger partial charge is 0.243 e. The van der Waals surface area contributed by atoms with Crippen LogP contribution >= 0.6 is 0 Å². The average Bonchev–Trinajstić information content (AvgIpc) is 2.84. The third-order valence-corrected chi connectivity index (χ3v) is 5.24. The fourth-order valence-electron chi connectivity index (χ4n) is 3.17. The van der Waals surface area contributed by atoms with Crippen LogP contribution in [0.25, 0.3) is 0 Å². The summed E-state index contributed by atoms with van der Waals surface area (Å²) in [6, 6.07) is -4.04. The van der Waals surface area contributed by atoms with Crippen molar-refractivity contribution in [2.24, 2.45) is 60.8 Å². The number of hydrogen-bond acceptors (Lipinski definition) is 8. The van der Waals surface area contributed by atoms with Crippen LogP contribution in [-0.2, 0) is 19.2 Å². The van der Waals surface area contributed by atoms with Gasteiger partial charge in [-0.25, -0.2) is 0 Å². The number of carbonyl (C=O) groups is 4. The lowest BCUT2D eigenvalue weighted by Gasteiger charge is -2.23. The van der Waals surface area contributed by atoms with Gasteiger partial charge in [-0.15, -0.1) is 0 Å². The fourth-order valence-corrected chi connectivity index (χ4v) is 3.17. The molecule has 4 amide bonds. The van der Waals surface area contributed by atoms with Gasteiger partial charge in [-0.2, -0.15) is 0 Å². The molecule has 0 radical (unpaired) electrons. The van der Waals surface area contributed by atoms with Crippen LogP contribution in [0.15, 0.2) is 15.0 Å². The maximum Gasteiger partial charge on any atom is 0.243 e. The van der Waals surface area contributed by atoms with Crippen molar-refractivity contribution in [3.63, 3.8) is 0 Å². The minimum Gasteiger partial charge on any atom is -0.370 e. The van der Waals surface area contributed by atoms with Gasteiger partial charge in [-0.1, -0.05) is 0 Å². The zero-order valence-electron chi connectivity index (χ0n) is 22.3. The number of guanidine groups is 3. The monoisotopic (exact) mass is 556 g/mol. The van der Waals surface area contributed by atoms with E-state index >= 15 is 0 Å². The molecule has 0 aromatic rings. The summed E-state index contributed by atoms with van der Waals surface area (Å²) < 4.78 is 0. The summed E-state index contributed by atoms with van der Waals surface area (Å²) in [5.41, 5.74) is 43.0. The van der Waals surface area contributed by atoms with Crippen LogP contribution in [0.3, 0.4) is 0 Å². The molecule has 0 fully saturated rings. The quantitative estimate of drug-likeness (QED) is 0.0404. The van der Waals surface area contributed by atoms with Gasteiger partial charge >= 0.3 is 0 Å². The van der Waals surface area contributed by atoms with Gasteiger partial charge in [0.25, 0.3) is 0 Å². The zero-order chi connectivity index (χ0) is 30.0. The average molecular weight is 557 g/mol. The summed E-state index contributed by atoms with van der Waals surface area (Å²) in [5, 5.41) is 7.60. The van der Waals surface area contributed by atoms with Crippen LogP contribution in [0, 0.1) is 0 Å². The highest BCUT2D eigenvalue weighted by atomic mass is 16.2. The van der Waals surface area contributed by atoms with Crippen molar-refractivity contribution in [3.8, 4) is 0 Å². The van der Waals surface area contributed by atoms with E-state index in [1.165, 1.54) is 6.92 Å². The van der Waals surface area contributed by atoms with Crippen molar-refractivity contribution >= 4 is 41.5 Å². The Morgan fingerprint density at radius 2 is 1.00 bits per heavy atom. The van der Waals surface area contributed by atoms with Crippen LogP contribution < -0.4 is 61.8 Å². The van der Waals surface area contributed by atoms with Crippen LogP contribution in [0.2, 0.25) is 0 Å². The van der Waals surface area contributed by atoms with Crippen molar-refractivity contribution in [3.05, 3.63) is 0 Å². The molecule has 0 aromatic carbocycles. The highest BCUT2D eigenvalue weighted by Gasteiger charge is 2.27. The summed E-state index contributed by atoms with van der Waals surface area (Å²) in [4.78, 5) is 61.4. The molecule has 0 bridgehead atoms. The first-order valence-corrected chi connectivity index (χ1v) is 12.4. The number of rotatable bonds is 19. The van der Waals surface area contributed by atoms with E-state index in [0.29, 0.717) is 25.8 Å². The van der Waals surface area contributed by atoms with E-state index in [1.807, 2.05) is 0 Å². The van der Waals surface area contributed by atoms with E-state index < -0.39 is 47.8 Å². The number of primary amides is 1. The minimum absolute atomic E-state index is 0.0724. The number of nitrogens with one attached hydrogen (secondary N) is 3. The summed E-state index contributed by atoms with van der Waals surface area (Å²) in [6.45, 7) is 2.16. The van der Waals surface area contributed by atoms with Crippen molar-refractivity contribution in [2.75, 3.05) is 19.6 Å². The van der Waals surface area contributed by atoms with Gasteiger partial charge in [0, 0.05) is 19.6 Å². The maximum atomic E-state index is 13.0. The third kappa shape index (κ3) is 16.9. The standard InChI is InChI=1S/C21H44N14O4/c1-11(16(37)34-13(15(23)36)6-3-9-31-20(26)27)33-18(39)14(7-4-10-32-21(28)29)35-17(38)12(22)5-2-8-30-19(24)25/h11-14H,2-10,22H2,1H3,(H2,23,36)(H,33,39)(H,34,37)(H,35,38)(H4,24,25,30)(H4,26,27,31)(H4,28,29,32)/t11-,12+,13+,14+/m0/s1. The molecule has 0 unspecified atom stereocenters. The zero-order valence-corrected chi connectivity index (χ0v) is 22.3. The van der Waals surface area contributed by atoms with E-state index in [4.69, 9.17) is 45.9 Å². The lowest BCUT2D eigenvalue weighted by molar-refractivity contribution is -0.133. The van der Waals surface area contributed by atoms with Gasteiger partial charge in [-0.3, -0.25) is 34.2 Å². The number of aliphatic imine (C=N–C) groups is 3. The molecule has 0 aromatic heterocycles. The van der Waals surface area contributed by atoms with E-state index in [0.717, 1.165) is 0 Å². The van der Waals surface area contributed by atoms with Gasteiger partial charge < -0.3 is 61.8 Å². The van der Waals surface area contributed by atoms with Crippen LogP contribution in [-0.4, -0.2) is 85.3 Å². The van der Waals surface area contributed by atoms with Crippen LogP contribution in [0.5, 0.6) is 0 Å². The molecule has 39 heavy (non-hydrogen) atoms. The fraction of sp³-hybridized carbons (Fsp3) is 0.667. The van der Waals surface area contributed by atoms with E-state index in [1.54, 1.807) is 0 Å². The number of nitrogens with two attached hydrogens (primary N) is 8. The Balaban J connectivity index is 5.18. The molecule has 0 aliphatic heterocycles. The van der Waals surface area contributed by atoms with Gasteiger partial charge in [0.1, 0.15) is 18.1 Å². The van der Waals surface area contributed by atoms with Crippen molar-refractivity contribution in [1.29, 1.82) is 0 Å². The summed E-state index contributed by atoms with van der Waals surface area (Å²) >= 11 is 0. The Labute approximate surface area is 227 Å². The van der Waals surface area contributed by atoms with E-state index in [-0.39, 0.29) is 50.2 Å². The second-order valence-electron chi connectivity index (χ2n) is 8.71. The second kappa shape index (κ2) is 18.8. The summed E-state index contributed by atoms with van der Waals surface area (Å²) in [5.74, 6) is -2.92. The van der Waals surface area contributed by atoms with Gasteiger partial charge in [-0.05, 0) is 45.4 Å². The number of amides is 4. The molecule has 0 saturated carbocycles. The van der Waals surface area contributed by atoms with Crippen LogP contribution in [0.1, 0.15) is 45.4 Å². The lowest BCUT2D eigenvalue weighted by Crippen LogP contribution is -2.56. The summed E-state index contributed by atoms with van der Waals surface area (Å²) in [7, 11) is 0. The molecule has 19 N–H and O–H groups in total. The summed E-state index contributed by atoms with van der Waals surface area (Å²) in [6.07, 6.45) is 1.76. The molecule has 0 heterocycles.